The van der Waals surface area contributed by atoms with E-state index in [1.165, 1.54) is 0 Å². The van der Waals surface area contributed by atoms with Gasteiger partial charge < -0.3 is 14.8 Å². The van der Waals surface area contributed by atoms with Gasteiger partial charge in [0.25, 0.3) is 0 Å². The average molecular weight is 411 g/mol. The molecule has 0 saturated heterocycles. The number of nitrogens with zero attached hydrogens (tertiary/aromatic N) is 3. The van der Waals surface area contributed by atoms with E-state index in [-0.39, 0.29) is 12.0 Å². The Hall–Kier alpha value is -3.77. The molecule has 5 rings (SSSR count). The molecule has 2 aromatic heterocycles. The molecule has 6 nitrogen and oxygen atoms in total. The zero-order valence-electron chi connectivity index (χ0n) is 17.4. The van der Waals surface area contributed by atoms with Gasteiger partial charge in [-0.1, -0.05) is 12.1 Å². The van der Waals surface area contributed by atoms with Gasteiger partial charge in [0.05, 0.1) is 17.5 Å². The van der Waals surface area contributed by atoms with Crippen LogP contribution in [0.4, 0.5) is 5.69 Å². The van der Waals surface area contributed by atoms with Crippen LogP contribution in [-0.2, 0) is 11.8 Å². The van der Waals surface area contributed by atoms with Crippen LogP contribution < -0.4 is 25.6 Å². The third-order valence-corrected chi connectivity index (χ3v) is 5.68. The standard InChI is InChI=1S/C25H22N4O2/c1-29-12-4-3-5-17(29)7-10-23-19-9-6-16(14-24(19)28-27-23)13-21-20-15-18(31-2)8-11-22(20)26-25(21)30/h3-7,9-15,18H,8H2,1-2H3,(H,26,30)/p+1. The lowest BCUT2D eigenvalue weighted by atomic mass is 10.1. The van der Waals surface area contributed by atoms with Crippen LogP contribution in [0, 0.1) is 0 Å². The van der Waals surface area contributed by atoms with Crippen LogP contribution in [0.1, 0.15) is 17.7 Å². The Kier molecular flexibility index (Phi) is 4.84. The first-order chi connectivity index (χ1) is 15.1. The maximum atomic E-state index is 10.4. The molecule has 0 saturated carbocycles. The second-order valence-corrected chi connectivity index (χ2v) is 7.67. The van der Waals surface area contributed by atoms with Crippen LogP contribution in [0.15, 0.2) is 58.9 Å². The topological polar surface area (TPSA) is 73.8 Å². The Morgan fingerprint density at radius 3 is 2.94 bits per heavy atom. The van der Waals surface area contributed by atoms with Crippen molar-refractivity contribution in [3.8, 4) is 5.88 Å². The van der Waals surface area contributed by atoms with Gasteiger partial charge in [-0.3, -0.25) is 0 Å². The van der Waals surface area contributed by atoms with E-state index in [4.69, 9.17) is 4.74 Å². The van der Waals surface area contributed by atoms with Crippen molar-refractivity contribution in [2.75, 3.05) is 7.11 Å². The highest BCUT2D eigenvalue weighted by atomic mass is 16.5. The molecule has 1 aliphatic heterocycles. The molecular weight excluding hydrogens is 388 g/mol. The number of hydrogen-bond acceptors (Lipinski definition) is 4. The lowest BCUT2D eigenvalue weighted by Gasteiger charge is -2.09. The molecular formula is C25H23N4O2+. The monoisotopic (exact) mass is 411 g/mol. The quantitative estimate of drug-likeness (QED) is 0.635. The predicted octanol–water partition coefficient (Wildman–Crippen LogP) is 1.27. The highest BCUT2D eigenvalue weighted by Crippen LogP contribution is 2.17. The number of ether oxygens (including phenoxy) is 1. The number of aromatic nitrogens is 2. The summed E-state index contributed by atoms with van der Waals surface area (Å²) in [5, 5.41) is 22.9. The van der Waals surface area contributed by atoms with Crippen LogP contribution in [0.5, 0.6) is 5.88 Å². The first-order valence-electron chi connectivity index (χ1n) is 10.2. The molecule has 31 heavy (non-hydrogen) atoms. The van der Waals surface area contributed by atoms with Gasteiger partial charge in [0.2, 0.25) is 5.69 Å². The van der Waals surface area contributed by atoms with Gasteiger partial charge in [-0.05, 0) is 48.1 Å². The maximum absolute atomic E-state index is 10.4. The number of nitrogens with one attached hydrogen (secondary N) is 1. The molecule has 0 spiro atoms. The molecule has 6 heteroatoms. The van der Waals surface area contributed by atoms with E-state index >= 15 is 0 Å². The molecule has 0 bridgehead atoms. The summed E-state index contributed by atoms with van der Waals surface area (Å²) in [6.07, 6.45) is 12.9. The third-order valence-electron chi connectivity index (χ3n) is 5.68. The van der Waals surface area contributed by atoms with Gasteiger partial charge in [-0.15, -0.1) is 10.2 Å². The smallest absolute Gasteiger partial charge is 0.205 e. The lowest BCUT2D eigenvalue weighted by Crippen LogP contribution is -2.31. The number of benzene rings is 1. The van der Waals surface area contributed by atoms with E-state index < -0.39 is 0 Å². The molecule has 2 N–H and O–H groups in total. The van der Waals surface area contributed by atoms with Crippen molar-refractivity contribution in [3.63, 3.8) is 0 Å². The van der Waals surface area contributed by atoms with Crippen LogP contribution in [0.2, 0.25) is 0 Å². The fourth-order valence-corrected chi connectivity index (χ4v) is 3.94. The minimum absolute atomic E-state index is 0.0130. The first kappa shape index (κ1) is 19.2. The number of aromatic hydroxyl groups is 1. The Labute approximate surface area is 179 Å². The third kappa shape index (κ3) is 3.62. The maximum Gasteiger partial charge on any atom is 0.205 e. The second kappa shape index (κ2) is 7.81. The Bertz CT molecular complexity index is 1480. The highest BCUT2D eigenvalue weighted by Gasteiger charge is 2.13. The molecule has 0 radical (unpaired) electrons. The van der Waals surface area contributed by atoms with E-state index in [2.05, 4.69) is 31.9 Å². The molecule has 3 aromatic rings. The summed E-state index contributed by atoms with van der Waals surface area (Å²) in [6.45, 7) is 0. The summed E-state index contributed by atoms with van der Waals surface area (Å²) < 4.78 is 7.51. The van der Waals surface area contributed by atoms with Crippen LogP contribution >= 0.6 is 0 Å². The second-order valence-electron chi connectivity index (χ2n) is 7.67. The van der Waals surface area contributed by atoms with Gasteiger partial charge in [0.15, 0.2) is 12.1 Å². The molecule has 1 atom stereocenters. The molecule has 0 amide bonds. The van der Waals surface area contributed by atoms with Crippen molar-refractivity contribution in [1.29, 1.82) is 0 Å². The number of azo groups is 1. The first-order valence-corrected chi connectivity index (χ1v) is 10.2. The Balaban J connectivity index is 1.55. The van der Waals surface area contributed by atoms with Crippen LogP contribution in [0.3, 0.4) is 0 Å². The van der Waals surface area contributed by atoms with Crippen molar-refractivity contribution in [2.45, 2.75) is 12.5 Å². The van der Waals surface area contributed by atoms with E-state index in [9.17, 15) is 5.11 Å². The number of hydrogen-bond donors (Lipinski definition) is 2. The minimum atomic E-state index is 0.0130. The van der Waals surface area contributed by atoms with Crippen molar-refractivity contribution in [3.05, 3.63) is 80.9 Å². The SMILES string of the molecule is COC1C=c2c(/C=c3\ccc4c(c3)N=NC=4/C=C/c3cccc[n+]3C)c(O)[nH]c2=CC1. The molecule has 0 fully saturated rings. The van der Waals surface area contributed by atoms with Crippen molar-refractivity contribution in [2.24, 2.45) is 17.3 Å². The summed E-state index contributed by atoms with van der Waals surface area (Å²) in [6, 6.07) is 12.1. The normalized spacial score (nSPS) is 17.5. The zero-order chi connectivity index (χ0) is 21.4. The number of aryl methyl sites for hydroxylation is 1. The summed E-state index contributed by atoms with van der Waals surface area (Å²) in [7, 11) is 3.71. The van der Waals surface area contributed by atoms with E-state index in [0.29, 0.717) is 0 Å². The fraction of sp³-hybridized carbons (Fsp3) is 0.160. The van der Waals surface area contributed by atoms with Crippen molar-refractivity contribution < 1.29 is 14.4 Å². The number of aromatic amines is 1. The summed E-state index contributed by atoms with van der Waals surface area (Å²) in [4.78, 5) is 3.05. The van der Waals surface area contributed by atoms with Gasteiger partial charge in [-0.25, -0.2) is 4.57 Å². The number of methoxy groups -OCH3 is 1. The van der Waals surface area contributed by atoms with Crippen LogP contribution in [-0.4, -0.2) is 23.3 Å². The summed E-state index contributed by atoms with van der Waals surface area (Å²) in [5.41, 5.74) is 3.49. The molecule has 3 heterocycles. The van der Waals surface area contributed by atoms with E-state index in [1.54, 1.807) is 7.11 Å². The van der Waals surface area contributed by atoms with E-state index in [0.717, 1.165) is 50.1 Å². The number of rotatable bonds is 4. The fourth-order valence-electron chi connectivity index (χ4n) is 3.94. The van der Waals surface area contributed by atoms with Gasteiger partial charge in [0, 0.05) is 46.7 Å². The molecule has 154 valence electrons. The summed E-state index contributed by atoms with van der Waals surface area (Å²) in [5.74, 6) is 0.155. The molecule has 2 aliphatic rings. The lowest BCUT2D eigenvalue weighted by molar-refractivity contribution is -0.673. The Morgan fingerprint density at radius 1 is 1.19 bits per heavy atom. The number of fused-ring (bicyclic) bond motifs is 2. The van der Waals surface area contributed by atoms with Gasteiger partial charge >= 0.3 is 0 Å². The van der Waals surface area contributed by atoms with Crippen LogP contribution in [0.25, 0.3) is 30.0 Å². The van der Waals surface area contributed by atoms with Crippen molar-refractivity contribution in [1.82, 2.24) is 4.98 Å². The van der Waals surface area contributed by atoms with Crippen molar-refractivity contribution >= 4 is 35.7 Å². The molecule has 1 aromatic carbocycles. The molecule has 1 unspecified atom stereocenters. The number of pyridine rings is 1. The summed E-state index contributed by atoms with van der Waals surface area (Å²) >= 11 is 0. The number of H-pyrrole nitrogens is 1. The predicted molar refractivity (Wildman–Crippen MR) is 120 cm³/mol. The van der Waals surface area contributed by atoms with E-state index in [1.807, 2.05) is 67.9 Å². The van der Waals surface area contributed by atoms with Gasteiger partial charge in [-0.2, -0.15) is 0 Å². The largest absolute Gasteiger partial charge is 0.494 e. The minimum Gasteiger partial charge on any atom is -0.494 e. The Morgan fingerprint density at radius 2 is 2.10 bits per heavy atom. The molecule has 1 aliphatic carbocycles. The van der Waals surface area contributed by atoms with Gasteiger partial charge in [0.1, 0.15) is 7.05 Å². The highest BCUT2D eigenvalue weighted by molar-refractivity contribution is 5.70. The zero-order valence-corrected chi connectivity index (χ0v) is 17.4. The average Bonchev–Trinajstić information content (AvgIpc) is 3.33.